The number of fused-ring (bicyclic) bond motifs is 1. The molecule has 2 N–H and O–H groups in total. The third-order valence-electron chi connectivity index (χ3n) is 11.3. The van der Waals surface area contributed by atoms with Gasteiger partial charge in [-0.05, 0) is 107 Å². The number of hydrogen-bond acceptors (Lipinski definition) is 10. The van der Waals surface area contributed by atoms with Crippen LogP contribution < -0.4 is 25.0 Å². The van der Waals surface area contributed by atoms with Gasteiger partial charge in [0.05, 0.1) is 61.2 Å². The van der Waals surface area contributed by atoms with E-state index in [1.165, 1.54) is 12.0 Å². The summed E-state index contributed by atoms with van der Waals surface area (Å²) < 4.78 is 23.9. The highest BCUT2D eigenvalue weighted by molar-refractivity contribution is 6.16. The van der Waals surface area contributed by atoms with Crippen molar-refractivity contribution in [1.29, 1.82) is 0 Å². The van der Waals surface area contributed by atoms with E-state index in [0.717, 1.165) is 56.6 Å². The normalized spacial score (nSPS) is 15.2. The molecule has 1 fully saturated rings. The summed E-state index contributed by atoms with van der Waals surface area (Å²) in [5.41, 5.74) is 10.4. The molecular weight excluding hydrogens is 787 g/mol. The summed E-state index contributed by atoms with van der Waals surface area (Å²) >= 11 is 0. The zero-order valence-electron chi connectivity index (χ0n) is 37.2. The first-order valence-corrected chi connectivity index (χ1v) is 21.4. The molecule has 2 aliphatic rings. The first kappa shape index (κ1) is 45.6. The van der Waals surface area contributed by atoms with E-state index >= 15 is 0 Å². The molecular formula is C49H61N5O8. The zero-order chi connectivity index (χ0) is 44.6. The number of ether oxygens (including phenoxy) is 4. The monoisotopic (exact) mass is 847 g/mol. The number of ketones is 1. The van der Waals surface area contributed by atoms with Gasteiger partial charge in [-0.1, -0.05) is 48.5 Å². The van der Waals surface area contributed by atoms with Gasteiger partial charge in [-0.25, -0.2) is 4.79 Å². The molecule has 0 spiro atoms. The fraction of sp³-hybridized carbons (Fsp3) is 0.429. The standard InChI is InChI=1S/C49H61N5O8/c1-33-20-23-41(42(29-33)61-28-13-9-12-19-43(55)53-26-24-51(5)25-27-53)52(6)47(57)37-21-22-38(46(59-7)44(37)50)45(56)36-17-14-18-40-39(36)30-35(54(40)48(58)62-49(2,3)4)32-60-31-34-15-10-8-11-16-34/h8,10-11,14-18,20-23,29,35H,9,12-13,19,24-28,30-32,50H2,1-7H3. The molecule has 4 aromatic carbocycles. The second-order valence-corrected chi connectivity index (χ2v) is 17.1. The maximum atomic E-state index is 14.5. The fourth-order valence-electron chi connectivity index (χ4n) is 7.92. The van der Waals surface area contributed by atoms with Gasteiger partial charge in [-0.2, -0.15) is 0 Å². The third kappa shape index (κ3) is 10.9. The molecule has 3 amide bonds. The van der Waals surface area contributed by atoms with Crippen LogP contribution in [0.4, 0.5) is 21.9 Å². The number of carbonyl (C=O) groups is 4. The molecule has 1 unspecified atom stereocenters. The maximum absolute atomic E-state index is 14.5. The van der Waals surface area contributed by atoms with Gasteiger partial charge in [0.2, 0.25) is 5.91 Å². The smallest absolute Gasteiger partial charge is 0.415 e. The highest BCUT2D eigenvalue weighted by Gasteiger charge is 2.39. The van der Waals surface area contributed by atoms with Crippen molar-refractivity contribution in [3.05, 3.63) is 112 Å². The Labute approximate surface area is 365 Å². The zero-order valence-corrected chi connectivity index (χ0v) is 37.2. The van der Waals surface area contributed by atoms with Crippen molar-refractivity contribution in [1.82, 2.24) is 9.80 Å². The van der Waals surface area contributed by atoms with Crippen LogP contribution in [-0.2, 0) is 27.3 Å². The van der Waals surface area contributed by atoms with Gasteiger partial charge in [0.25, 0.3) is 5.91 Å². The number of aryl methyl sites for hydroxylation is 1. The SMILES string of the molecule is COc1c(C(=O)c2cccc3c2CC(COCc2ccccc2)N3C(=O)OC(C)(C)C)ccc(C(=O)N(C)c2ccc(C)cc2OCCCCCC(=O)N2CCN(C)CC2)c1N. The minimum atomic E-state index is -0.747. The minimum absolute atomic E-state index is 0.0195. The van der Waals surface area contributed by atoms with E-state index in [-0.39, 0.29) is 40.9 Å². The van der Waals surface area contributed by atoms with Crippen molar-refractivity contribution < 1.29 is 38.1 Å². The summed E-state index contributed by atoms with van der Waals surface area (Å²) in [6.07, 6.45) is 2.73. The van der Waals surface area contributed by atoms with Crippen molar-refractivity contribution in [3.63, 3.8) is 0 Å². The Morgan fingerprint density at radius 3 is 2.29 bits per heavy atom. The van der Waals surface area contributed by atoms with Crippen LogP contribution in [0.1, 0.15) is 89.4 Å². The Balaban J connectivity index is 1.16. The van der Waals surface area contributed by atoms with E-state index in [0.29, 0.717) is 54.3 Å². The highest BCUT2D eigenvalue weighted by Crippen LogP contribution is 2.40. The lowest BCUT2D eigenvalue weighted by molar-refractivity contribution is -0.132. The molecule has 4 aromatic rings. The highest BCUT2D eigenvalue weighted by atomic mass is 16.6. The molecule has 0 radical (unpaired) electrons. The number of nitrogen functional groups attached to an aromatic ring is 1. The van der Waals surface area contributed by atoms with Gasteiger partial charge in [0.1, 0.15) is 11.4 Å². The van der Waals surface area contributed by atoms with E-state index in [4.69, 9.17) is 24.7 Å². The van der Waals surface area contributed by atoms with Gasteiger partial charge < -0.3 is 39.4 Å². The summed E-state index contributed by atoms with van der Waals surface area (Å²) in [6, 6.07) is 23.3. The Morgan fingerprint density at radius 1 is 0.855 bits per heavy atom. The summed E-state index contributed by atoms with van der Waals surface area (Å²) in [7, 11) is 5.14. The molecule has 0 aliphatic carbocycles. The quantitative estimate of drug-likeness (QED) is 0.0677. The lowest BCUT2D eigenvalue weighted by Gasteiger charge is -2.32. The fourth-order valence-corrected chi connectivity index (χ4v) is 7.92. The third-order valence-corrected chi connectivity index (χ3v) is 11.3. The number of anilines is 3. The molecule has 6 rings (SSSR count). The number of likely N-dealkylation sites (N-methyl/N-ethyl adjacent to an activating group) is 1. The average molecular weight is 848 g/mol. The largest absolute Gasteiger partial charge is 0.494 e. The number of methoxy groups -OCH3 is 1. The molecule has 13 heteroatoms. The second-order valence-electron chi connectivity index (χ2n) is 17.1. The van der Waals surface area contributed by atoms with Crippen LogP contribution in [0.15, 0.2) is 78.9 Å². The first-order valence-electron chi connectivity index (χ1n) is 21.4. The summed E-state index contributed by atoms with van der Waals surface area (Å²) in [5, 5.41) is 0. The van der Waals surface area contributed by atoms with Gasteiger partial charge in [-0.3, -0.25) is 19.3 Å². The average Bonchev–Trinajstić information content (AvgIpc) is 3.63. The van der Waals surface area contributed by atoms with Crippen LogP contribution in [0.3, 0.4) is 0 Å². The molecule has 13 nitrogen and oxygen atoms in total. The predicted octanol–water partition coefficient (Wildman–Crippen LogP) is 7.69. The van der Waals surface area contributed by atoms with Crippen molar-refractivity contribution in [2.45, 2.75) is 78.0 Å². The first-order chi connectivity index (χ1) is 29.7. The Hall–Kier alpha value is -5.92. The number of benzene rings is 4. The van der Waals surface area contributed by atoms with Crippen LogP contribution >= 0.6 is 0 Å². The number of carbonyl (C=O) groups excluding carboxylic acids is 4. The van der Waals surface area contributed by atoms with E-state index in [2.05, 4.69) is 11.9 Å². The number of piperazine rings is 1. The lowest BCUT2D eigenvalue weighted by Crippen LogP contribution is -2.47. The van der Waals surface area contributed by atoms with E-state index < -0.39 is 23.6 Å². The molecule has 2 heterocycles. The van der Waals surface area contributed by atoms with Gasteiger partial charge in [0, 0.05) is 45.2 Å². The number of nitrogens with two attached hydrogens (primary N) is 1. The van der Waals surface area contributed by atoms with Crippen molar-refractivity contribution in [3.8, 4) is 11.5 Å². The van der Waals surface area contributed by atoms with Crippen molar-refractivity contribution in [2.75, 3.05) is 76.1 Å². The van der Waals surface area contributed by atoms with Crippen LogP contribution in [0, 0.1) is 6.92 Å². The topological polar surface area (TPSA) is 144 Å². The molecule has 2 aliphatic heterocycles. The molecule has 1 saturated heterocycles. The predicted molar refractivity (Wildman–Crippen MR) is 242 cm³/mol. The molecule has 0 aromatic heterocycles. The van der Waals surface area contributed by atoms with Crippen molar-refractivity contribution in [2.24, 2.45) is 0 Å². The van der Waals surface area contributed by atoms with Crippen LogP contribution in [0.5, 0.6) is 11.5 Å². The Bertz CT molecular complexity index is 2230. The van der Waals surface area contributed by atoms with E-state index in [1.54, 1.807) is 42.3 Å². The molecule has 330 valence electrons. The van der Waals surface area contributed by atoms with Gasteiger partial charge >= 0.3 is 6.09 Å². The lowest BCUT2D eigenvalue weighted by atomic mass is 9.94. The number of unbranched alkanes of at least 4 members (excludes halogenated alkanes) is 2. The van der Waals surface area contributed by atoms with E-state index in [9.17, 15) is 19.2 Å². The van der Waals surface area contributed by atoms with Crippen LogP contribution in [0.25, 0.3) is 0 Å². The van der Waals surface area contributed by atoms with Crippen LogP contribution in [0.2, 0.25) is 0 Å². The molecule has 62 heavy (non-hydrogen) atoms. The van der Waals surface area contributed by atoms with E-state index in [1.807, 2.05) is 81.1 Å². The molecule has 1 atom stereocenters. The Morgan fingerprint density at radius 2 is 1.58 bits per heavy atom. The Kier molecular flexibility index (Phi) is 14.9. The minimum Gasteiger partial charge on any atom is -0.494 e. The summed E-state index contributed by atoms with van der Waals surface area (Å²) in [6.45, 7) is 11.8. The number of nitrogens with zero attached hydrogens (tertiary/aromatic N) is 4. The summed E-state index contributed by atoms with van der Waals surface area (Å²) in [5.74, 6) is 0.0449. The number of amides is 3. The van der Waals surface area contributed by atoms with Crippen LogP contribution in [-0.4, -0.2) is 106 Å². The number of rotatable bonds is 16. The van der Waals surface area contributed by atoms with Gasteiger partial charge in [0.15, 0.2) is 11.5 Å². The molecule has 0 saturated carbocycles. The maximum Gasteiger partial charge on any atom is 0.415 e. The summed E-state index contributed by atoms with van der Waals surface area (Å²) in [4.78, 5) is 62.3. The molecule has 0 bridgehead atoms. The second kappa shape index (κ2) is 20.3. The van der Waals surface area contributed by atoms with Gasteiger partial charge in [-0.15, -0.1) is 0 Å². The number of hydrogen-bond donors (Lipinski definition) is 1. The van der Waals surface area contributed by atoms with Crippen molar-refractivity contribution >= 4 is 40.8 Å².